The van der Waals surface area contributed by atoms with Crippen LogP contribution < -0.4 is 0 Å². The molecule has 0 spiro atoms. The largest absolute Gasteiger partial charge is 0.469 e. The molecule has 1 saturated carbocycles. The van der Waals surface area contributed by atoms with Crippen LogP contribution in [0.4, 0.5) is 0 Å². The number of carbonyl (C=O) groups is 2. The zero-order valence-electron chi connectivity index (χ0n) is 10.3. The number of hydrogen-bond donors (Lipinski definition) is 0. The smallest absolute Gasteiger partial charge is 0.305 e. The predicted molar refractivity (Wildman–Crippen MR) is 61.8 cm³/mol. The maximum atomic E-state index is 11.8. The fourth-order valence-electron chi connectivity index (χ4n) is 2.28. The molecule has 0 aromatic rings. The van der Waals surface area contributed by atoms with Crippen LogP contribution in [0.25, 0.3) is 0 Å². The van der Waals surface area contributed by atoms with Crippen LogP contribution >= 0.6 is 0 Å². The number of carbonyl (C=O) groups excluding carboxylic acids is 2. The van der Waals surface area contributed by atoms with Gasteiger partial charge in [0.2, 0.25) is 0 Å². The monoisotopic (exact) mass is 224 g/mol. The van der Waals surface area contributed by atoms with E-state index in [2.05, 4.69) is 11.3 Å². The van der Waals surface area contributed by atoms with E-state index in [0.29, 0.717) is 12.8 Å². The summed E-state index contributed by atoms with van der Waals surface area (Å²) in [6.45, 7) is 7.76. The summed E-state index contributed by atoms with van der Waals surface area (Å²) in [6, 6.07) is 0. The fraction of sp³-hybridized carbons (Fsp3) is 0.692. The van der Waals surface area contributed by atoms with E-state index in [0.717, 1.165) is 12.0 Å². The summed E-state index contributed by atoms with van der Waals surface area (Å²) in [5, 5.41) is 0. The first-order chi connectivity index (χ1) is 7.45. The average Bonchev–Trinajstić information content (AvgIpc) is 2.23. The molecule has 1 aliphatic carbocycles. The quantitative estimate of drug-likeness (QED) is 0.546. The maximum absolute atomic E-state index is 11.8. The Labute approximate surface area is 96.9 Å². The van der Waals surface area contributed by atoms with Gasteiger partial charge in [0.05, 0.1) is 7.11 Å². The Bertz CT molecular complexity index is 306. The Morgan fingerprint density at radius 3 is 2.69 bits per heavy atom. The highest BCUT2D eigenvalue weighted by Gasteiger charge is 2.35. The van der Waals surface area contributed by atoms with Crippen LogP contribution in [0.15, 0.2) is 12.2 Å². The molecule has 1 fully saturated rings. The minimum absolute atomic E-state index is 0.0327. The van der Waals surface area contributed by atoms with E-state index in [9.17, 15) is 9.59 Å². The number of ketones is 1. The van der Waals surface area contributed by atoms with Crippen molar-refractivity contribution in [2.24, 2.45) is 17.8 Å². The SMILES string of the molecule is C=C(C)[C@H]1CC(=O)[C@@H](C)[C@@H](CC(=O)OC)C1. The lowest BCUT2D eigenvalue weighted by atomic mass is 9.71. The van der Waals surface area contributed by atoms with Gasteiger partial charge in [-0.25, -0.2) is 0 Å². The van der Waals surface area contributed by atoms with Crippen LogP contribution in [0.5, 0.6) is 0 Å². The van der Waals surface area contributed by atoms with Gasteiger partial charge in [-0.1, -0.05) is 19.1 Å². The number of rotatable bonds is 3. The molecule has 3 nitrogen and oxygen atoms in total. The van der Waals surface area contributed by atoms with E-state index in [1.165, 1.54) is 7.11 Å². The molecule has 0 radical (unpaired) electrons. The molecule has 0 aliphatic heterocycles. The highest BCUT2D eigenvalue weighted by atomic mass is 16.5. The van der Waals surface area contributed by atoms with Crippen molar-refractivity contribution in [2.45, 2.75) is 33.1 Å². The highest BCUT2D eigenvalue weighted by molar-refractivity contribution is 5.83. The summed E-state index contributed by atoms with van der Waals surface area (Å²) >= 11 is 0. The molecule has 0 N–H and O–H groups in total. The van der Waals surface area contributed by atoms with E-state index in [1.54, 1.807) is 0 Å². The standard InChI is InChI=1S/C13H20O3/c1-8(2)10-5-11(7-13(15)16-4)9(3)12(14)6-10/h9-11H,1,5-7H2,2-4H3/t9-,10+,11+/m0/s1. The molecule has 3 atom stereocenters. The predicted octanol–water partition coefficient (Wildman–Crippen LogP) is 2.36. The second kappa shape index (κ2) is 5.28. The van der Waals surface area contributed by atoms with Gasteiger partial charge in [0.15, 0.2) is 0 Å². The lowest BCUT2D eigenvalue weighted by molar-refractivity contribution is -0.143. The third kappa shape index (κ3) is 2.94. The van der Waals surface area contributed by atoms with Crippen LogP contribution in [-0.2, 0) is 14.3 Å². The average molecular weight is 224 g/mol. The first-order valence-corrected chi connectivity index (χ1v) is 5.70. The number of ether oxygens (including phenoxy) is 1. The van der Waals surface area contributed by atoms with Crippen LogP contribution in [0.3, 0.4) is 0 Å². The Morgan fingerprint density at radius 2 is 2.19 bits per heavy atom. The van der Waals surface area contributed by atoms with E-state index < -0.39 is 0 Å². The molecule has 0 saturated heterocycles. The Hall–Kier alpha value is -1.12. The van der Waals surface area contributed by atoms with Gasteiger partial charge in [-0.15, -0.1) is 0 Å². The molecule has 0 aromatic heterocycles. The molecule has 90 valence electrons. The van der Waals surface area contributed by atoms with Crippen LogP contribution in [0.2, 0.25) is 0 Å². The molecule has 0 amide bonds. The normalized spacial score (nSPS) is 29.9. The number of Topliss-reactive ketones (excluding diaryl/α,β-unsaturated/α-hetero) is 1. The van der Waals surface area contributed by atoms with Crippen molar-refractivity contribution in [1.29, 1.82) is 0 Å². The molecular formula is C13H20O3. The third-order valence-corrected chi connectivity index (χ3v) is 3.60. The van der Waals surface area contributed by atoms with E-state index in [-0.39, 0.29) is 29.5 Å². The van der Waals surface area contributed by atoms with Crippen LogP contribution in [-0.4, -0.2) is 18.9 Å². The second-order valence-corrected chi connectivity index (χ2v) is 4.78. The topological polar surface area (TPSA) is 43.4 Å². The van der Waals surface area contributed by atoms with Crippen molar-refractivity contribution in [3.8, 4) is 0 Å². The summed E-state index contributed by atoms with van der Waals surface area (Å²) in [5.74, 6) is 0.323. The van der Waals surface area contributed by atoms with Gasteiger partial charge in [0, 0.05) is 18.8 Å². The van der Waals surface area contributed by atoms with Crippen molar-refractivity contribution in [3.63, 3.8) is 0 Å². The summed E-state index contributed by atoms with van der Waals surface area (Å²) in [7, 11) is 1.38. The molecule has 0 aromatic carbocycles. The van der Waals surface area contributed by atoms with Crippen LogP contribution in [0, 0.1) is 17.8 Å². The van der Waals surface area contributed by atoms with Gasteiger partial charge in [0.1, 0.15) is 5.78 Å². The number of allylic oxidation sites excluding steroid dienone is 1. The van der Waals surface area contributed by atoms with Crippen molar-refractivity contribution in [2.75, 3.05) is 7.11 Å². The number of methoxy groups -OCH3 is 1. The van der Waals surface area contributed by atoms with Gasteiger partial charge in [-0.3, -0.25) is 9.59 Å². The summed E-state index contributed by atoms with van der Waals surface area (Å²) < 4.78 is 4.66. The van der Waals surface area contributed by atoms with Crippen molar-refractivity contribution in [1.82, 2.24) is 0 Å². The maximum Gasteiger partial charge on any atom is 0.305 e. The van der Waals surface area contributed by atoms with Crippen molar-refractivity contribution >= 4 is 11.8 Å². The second-order valence-electron chi connectivity index (χ2n) is 4.78. The lowest BCUT2D eigenvalue weighted by Crippen LogP contribution is -2.33. The van der Waals surface area contributed by atoms with Crippen molar-refractivity contribution < 1.29 is 14.3 Å². The van der Waals surface area contributed by atoms with Gasteiger partial charge < -0.3 is 4.74 Å². The molecule has 16 heavy (non-hydrogen) atoms. The van der Waals surface area contributed by atoms with E-state index in [1.807, 2.05) is 13.8 Å². The molecule has 0 unspecified atom stereocenters. The zero-order valence-corrected chi connectivity index (χ0v) is 10.3. The molecule has 3 heteroatoms. The molecule has 1 rings (SSSR count). The Balaban J connectivity index is 2.70. The van der Waals surface area contributed by atoms with Gasteiger partial charge in [-0.2, -0.15) is 0 Å². The molecule has 0 heterocycles. The minimum atomic E-state index is -0.230. The lowest BCUT2D eigenvalue weighted by Gasteiger charge is -2.32. The minimum Gasteiger partial charge on any atom is -0.469 e. The molecule has 1 aliphatic rings. The number of esters is 1. The molecule has 0 bridgehead atoms. The third-order valence-electron chi connectivity index (χ3n) is 3.60. The number of hydrogen-bond acceptors (Lipinski definition) is 3. The van der Waals surface area contributed by atoms with Crippen LogP contribution in [0.1, 0.15) is 33.1 Å². The fourth-order valence-corrected chi connectivity index (χ4v) is 2.28. The first kappa shape index (κ1) is 12.9. The van der Waals surface area contributed by atoms with Gasteiger partial charge in [0.25, 0.3) is 0 Å². The molecular weight excluding hydrogens is 204 g/mol. The van der Waals surface area contributed by atoms with Gasteiger partial charge >= 0.3 is 5.97 Å². The zero-order chi connectivity index (χ0) is 12.3. The van der Waals surface area contributed by atoms with Crippen molar-refractivity contribution in [3.05, 3.63) is 12.2 Å². The summed E-state index contributed by atoms with van der Waals surface area (Å²) in [5.41, 5.74) is 1.04. The van der Waals surface area contributed by atoms with E-state index >= 15 is 0 Å². The first-order valence-electron chi connectivity index (χ1n) is 5.70. The Kier molecular flexibility index (Phi) is 4.27. The summed E-state index contributed by atoms with van der Waals surface area (Å²) in [6.07, 6.45) is 1.79. The Morgan fingerprint density at radius 1 is 1.56 bits per heavy atom. The van der Waals surface area contributed by atoms with Gasteiger partial charge in [-0.05, 0) is 25.2 Å². The summed E-state index contributed by atoms with van der Waals surface area (Å²) in [4.78, 5) is 23.0. The van der Waals surface area contributed by atoms with E-state index in [4.69, 9.17) is 0 Å². The highest BCUT2D eigenvalue weighted by Crippen LogP contribution is 2.36.